The van der Waals surface area contributed by atoms with Crippen LogP contribution in [0.2, 0.25) is 0 Å². The van der Waals surface area contributed by atoms with Crippen LogP contribution in [0.3, 0.4) is 0 Å². The number of hydrogen-bond donors (Lipinski definition) is 16. The standard InChI is InChI=1S/C68H108O40S8.4CO2.8Na/c1-5-109-17-25-53-38(78)46(86)62(94-25)103-55-27(19-111-7-3)96-64(48(88)40(55)80)105-57-29(21-113-13-9-33(69)70)98-66(50(90)42(57)82)107-59-31(23-115-15-11-35(73)74)100-68(52(92)44(59)84)108-60-32(24-116-16-12-36(75)76)99-67(51(91)43(60)83)106-58-30(22-114-14-10-34(71)72)97-65(49(89)41(58)81)104-56-28(20-112-8-4)95-63(47(87)39(56)79)102-54-26(18-110-6-2)93-61(101-53)45(85)37(54)77;4*2-1-3;;;;;;;;/h25-32,37-68,77-92H,1-24H2,(H,69,70)(H,71,72)(H,73,74)(H,75,76);;;;;;;;;;;;/q-4;;;;;8*+1/p-4/t25-,26-,27-,28-,29-,30-,31-,32-,37-,38-,39-,40-,41-,42-,43-,44-,45-,46-,47-,48-,49-,50-,51-,52-,53?,54?,55-,56?,57?,58?,59?,60?,61-,62-,63-,64-,65-,66-,67-,68-;;;;;;;;;;;;/m1............/s1. The van der Waals surface area contributed by atoms with Crippen molar-refractivity contribution in [2.45, 2.75) is 271 Å². The van der Waals surface area contributed by atoms with Crippen LogP contribution >= 0.6 is 94.1 Å². The second-order valence-corrected chi connectivity index (χ2v) is 37.6. The molecule has 30 saturated heterocycles. The average Bonchev–Trinajstić information content (AvgIpc) is 0.725. The van der Waals surface area contributed by atoms with Gasteiger partial charge in [0.1, 0.15) is 146 Å². The van der Waals surface area contributed by atoms with Crippen molar-refractivity contribution in [3.63, 3.8) is 0 Å². The topological polar surface area (TPSA) is 768 Å². The van der Waals surface area contributed by atoms with Gasteiger partial charge in [-0.05, 0) is 48.7 Å². The molecule has 16 N–H and O–H groups in total. The molecule has 736 valence electrons. The van der Waals surface area contributed by atoms with Gasteiger partial charge in [0.15, 0.2) is 50.3 Å². The molecule has 48 nitrogen and oxygen atoms in total. The van der Waals surface area contributed by atoms with E-state index in [4.69, 9.17) is 114 Å². The molecule has 30 aliphatic heterocycles. The monoisotopic (exact) mass is 2180 g/mol. The van der Waals surface area contributed by atoms with Crippen LogP contribution in [0.1, 0.15) is 25.7 Å². The second-order valence-electron chi connectivity index (χ2n) is 28.4. The zero-order valence-corrected chi connectivity index (χ0v) is 98.1. The Hall–Kier alpha value is 4.92. The molecule has 7 unspecified atom stereocenters. The smallest absolute Gasteiger partial charge is 0.550 e. The van der Waals surface area contributed by atoms with Crippen molar-refractivity contribution in [1.82, 2.24) is 0 Å². The van der Waals surface area contributed by atoms with Gasteiger partial charge in [-0.25, -0.2) is 0 Å². The number of aliphatic carboxylic acids is 4. The maximum absolute atomic E-state index is 12.2. The number of carbonyl (C=O) groups is 4. The van der Waals surface area contributed by atoms with Crippen LogP contribution < -0.4 is 257 Å². The molecule has 0 aliphatic carbocycles. The van der Waals surface area contributed by atoms with Gasteiger partial charge in [-0.1, -0.05) is 0 Å². The van der Waals surface area contributed by atoms with Gasteiger partial charge >= 0.3 is 261 Å². The van der Waals surface area contributed by atoms with E-state index >= 15 is 0 Å². The van der Waals surface area contributed by atoms with E-state index in [0.29, 0.717) is 0 Å². The van der Waals surface area contributed by atoms with Crippen molar-refractivity contribution >= 4 is 143 Å². The van der Waals surface area contributed by atoms with Gasteiger partial charge in [-0.15, -0.1) is 23.0 Å². The number of ether oxygens (including phenoxy) is 16. The quantitative estimate of drug-likeness (QED) is 0.0169. The fraction of sp³-hybridized carbons (Fsp3) is 0.833. The molecule has 0 radical (unpaired) electrons. The normalized spacial score (nSPS) is 38.4. The maximum Gasteiger partial charge on any atom is 1.00 e. The van der Waals surface area contributed by atoms with Crippen LogP contribution in [0.25, 0.3) is 0 Å². The summed E-state index contributed by atoms with van der Waals surface area (Å²) < 4.78 is 100. The number of thioether (sulfide) groups is 8. The molecule has 30 aliphatic rings. The van der Waals surface area contributed by atoms with E-state index in [-0.39, 0.29) is 353 Å². The molecule has 0 amide bonds. The van der Waals surface area contributed by atoms with Crippen molar-refractivity contribution in [3.05, 3.63) is 27.7 Å². The molecule has 0 aromatic rings. The van der Waals surface area contributed by atoms with Gasteiger partial charge in [0.05, 0.1) is 48.8 Å². The van der Waals surface area contributed by atoms with Crippen LogP contribution in [0, 0.1) is 27.7 Å². The Morgan fingerprint density at radius 1 is 0.206 bits per heavy atom. The number of aliphatic hydroxyl groups is 16. The van der Waals surface area contributed by atoms with Crippen LogP contribution in [0.4, 0.5) is 0 Å². The summed E-state index contributed by atoms with van der Waals surface area (Å²) in [6.45, 7) is 15.4. The zero-order chi connectivity index (χ0) is 95.3. The number of carboxylic acid groups (broad SMARTS) is 4. The van der Waals surface area contributed by atoms with Crippen molar-refractivity contribution in [2.24, 2.45) is 0 Å². The SMILES string of the molecule is O=C=O.O=C=O.O=C=O.O=C=O.[CH2-]CSC[C@H]1O[C@@H]2OC3[C@@H](CSC[CH2-])O[C@H](OC4[C@@H](CSC[CH2-])O[C@H](O[C@H]5[C@H](O)[C@@H](O)[C@@H](OC6[C@@H](CSCCC(=O)[O-])O[C@H](OC7[C@@H](CSCCC(=O)[O-])O[C@H](OC8[C@@H](CSCCC(=O)[O-])O[C@H](OC9[C@@H](CSCCC(=O)[O-])O[C@H](OC1[C@H](O)[C@H]2O)[C@H](O)[C@H]9O)[C@H](O)[C@H]8O)[C@H](O)[C@H]7O)[C@H](O)[C@H]6O)O[C@@H]5CSC[CH2-])[C@H](O)[C@H]4O)[C@H](O)[C@H]3O.[Na+].[Na+].[Na+].[Na+].[Na+].[Na+].[Na+].[Na+]. The molecule has 0 spiro atoms. The summed E-state index contributed by atoms with van der Waals surface area (Å²) in [6.07, 6.45) is -77.2. The van der Waals surface area contributed by atoms with Gasteiger partial charge in [0.2, 0.25) is 0 Å². The minimum absolute atomic E-state index is 0. The molecule has 0 aromatic heterocycles. The fourth-order valence-electron chi connectivity index (χ4n) is 14.0. The van der Waals surface area contributed by atoms with Crippen molar-refractivity contribution in [1.29, 1.82) is 0 Å². The summed E-state index contributed by atoms with van der Waals surface area (Å²) in [6, 6.07) is 0. The molecule has 40 atom stereocenters. The largest absolute Gasteiger partial charge is 1.00 e. The third-order valence-electron chi connectivity index (χ3n) is 20.1. The predicted octanol–water partition coefficient (Wildman–Crippen LogP) is -37.9. The Morgan fingerprint density at radius 3 is 0.404 bits per heavy atom. The summed E-state index contributed by atoms with van der Waals surface area (Å²) >= 11 is 8.17. The fourth-order valence-corrected chi connectivity index (χ4v) is 20.6. The molecule has 64 heteroatoms. The van der Waals surface area contributed by atoms with E-state index in [2.05, 4.69) is 27.7 Å². The van der Waals surface area contributed by atoms with E-state index in [9.17, 15) is 121 Å². The van der Waals surface area contributed by atoms with Gasteiger partial charge in [-0.3, -0.25) is 0 Å². The van der Waals surface area contributed by atoms with E-state index in [1.807, 2.05) is 0 Å². The number of carboxylic acids is 4. The Kier molecular flexibility index (Phi) is 85.4. The molecular formula is C72H104Na8O48S8. The summed E-state index contributed by atoms with van der Waals surface area (Å²) in [5.41, 5.74) is 0. The minimum atomic E-state index is -2.28. The third-order valence-corrected chi connectivity index (χ3v) is 27.7. The van der Waals surface area contributed by atoms with E-state index in [1.165, 1.54) is 0 Å². The first-order valence-corrected chi connectivity index (χ1v) is 48.1. The number of rotatable bonds is 32. The molecule has 30 fully saturated rings. The number of carbonyl (C=O) groups excluding carboxylic acids is 12. The zero-order valence-electron chi connectivity index (χ0n) is 75.5. The Morgan fingerprint density at radius 2 is 0.309 bits per heavy atom. The van der Waals surface area contributed by atoms with Gasteiger partial charge < -0.3 is 225 Å². The van der Waals surface area contributed by atoms with Crippen LogP contribution in [-0.4, -0.2) is 468 Å². The van der Waals surface area contributed by atoms with Crippen LogP contribution in [0.5, 0.6) is 0 Å². The summed E-state index contributed by atoms with van der Waals surface area (Å²) in [4.78, 5) is 111. The van der Waals surface area contributed by atoms with Gasteiger partial charge in [0, 0.05) is 69.9 Å². The van der Waals surface area contributed by atoms with Crippen molar-refractivity contribution < 1.29 is 472 Å². The average molecular weight is 2180 g/mol. The molecule has 0 saturated carbocycles. The first-order chi connectivity index (χ1) is 61.0. The van der Waals surface area contributed by atoms with Crippen LogP contribution in [0.15, 0.2) is 0 Å². The van der Waals surface area contributed by atoms with E-state index in [1.54, 1.807) is 0 Å². The Balaban J connectivity index is -0.00000413. The first-order valence-electron chi connectivity index (χ1n) is 38.9. The molecule has 30 rings (SSSR count). The van der Waals surface area contributed by atoms with Gasteiger partial charge in [-0.2, -0.15) is 132 Å². The Bertz CT molecular complexity index is 3320. The molecule has 136 heavy (non-hydrogen) atoms. The number of aliphatic hydroxyl groups excluding tert-OH is 16. The van der Waals surface area contributed by atoms with Gasteiger partial charge in [0.25, 0.3) is 0 Å². The number of hydrogen-bond acceptors (Lipinski definition) is 56. The summed E-state index contributed by atoms with van der Waals surface area (Å²) in [7, 11) is 0. The summed E-state index contributed by atoms with van der Waals surface area (Å²) in [5.74, 6) is -7.50. The predicted molar refractivity (Wildman–Crippen MR) is 423 cm³/mol. The van der Waals surface area contributed by atoms with Crippen molar-refractivity contribution in [2.75, 3.05) is 92.0 Å². The Labute approximate surface area is 992 Å². The molecule has 30 heterocycles. The first kappa shape index (κ1) is 147. The summed E-state index contributed by atoms with van der Waals surface area (Å²) in [5, 5.41) is 240. The second kappa shape index (κ2) is 79.0. The third kappa shape index (κ3) is 45.5. The van der Waals surface area contributed by atoms with Crippen molar-refractivity contribution in [3.8, 4) is 0 Å². The van der Waals surface area contributed by atoms with Crippen LogP contribution in [-0.2, 0) is 133 Å². The van der Waals surface area contributed by atoms with E-state index in [0.717, 1.165) is 94.1 Å². The molecule has 0 aromatic carbocycles. The molecule has 16 bridgehead atoms. The van der Waals surface area contributed by atoms with E-state index < -0.39 is 295 Å². The maximum atomic E-state index is 12.2. The minimum Gasteiger partial charge on any atom is -0.550 e. The molecular weight excluding hydrogens is 2070 g/mol.